The van der Waals surface area contributed by atoms with Crippen LogP contribution in [0.4, 0.5) is 11.4 Å². The summed E-state index contributed by atoms with van der Waals surface area (Å²) in [4.78, 5) is 14.2. The van der Waals surface area contributed by atoms with Crippen LogP contribution in [-0.4, -0.2) is 20.0 Å². The molecule has 1 aromatic rings. The van der Waals surface area contributed by atoms with E-state index in [1.54, 1.807) is 0 Å². The van der Waals surface area contributed by atoms with E-state index in [1.807, 2.05) is 38.4 Å². The minimum absolute atomic E-state index is 0.181. The van der Waals surface area contributed by atoms with Crippen LogP contribution in [0.15, 0.2) is 24.3 Å². The fourth-order valence-electron chi connectivity index (χ4n) is 3.92. The summed E-state index contributed by atoms with van der Waals surface area (Å²) >= 11 is 0. The second-order valence-corrected chi connectivity index (χ2v) is 6.63. The Balaban J connectivity index is 1.53. The van der Waals surface area contributed by atoms with Crippen LogP contribution in [0.1, 0.15) is 32.1 Å². The fourth-order valence-corrected chi connectivity index (χ4v) is 3.92. The number of amides is 1. The zero-order valence-electron chi connectivity index (χ0n) is 12.4. The molecule has 0 heterocycles. The van der Waals surface area contributed by atoms with Gasteiger partial charge < -0.3 is 10.2 Å². The smallest absolute Gasteiger partial charge is 0.224 e. The highest BCUT2D eigenvalue weighted by Crippen LogP contribution is 2.49. The number of nitrogens with zero attached hydrogens (tertiary/aromatic N) is 1. The maximum atomic E-state index is 12.1. The molecule has 3 unspecified atom stereocenters. The molecule has 0 aliphatic heterocycles. The quantitative estimate of drug-likeness (QED) is 0.909. The van der Waals surface area contributed by atoms with Crippen molar-refractivity contribution >= 4 is 17.3 Å². The van der Waals surface area contributed by atoms with Crippen molar-refractivity contribution in [2.24, 2.45) is 17.8 Å². The van der Waals surface area contributed by atoms with Crippen molar-refractivity contribution < 1.29 is 4.79 Å². The molecule has 1 amide bonds. The molecule has 1 N–H and O–H groups in total. The summed E-state index contributed by atoms with van der Waals surface area (Å²) in [5, 5.41) is 3.04. The Morgan fingerprint density at radius 3 is 2.50 bits per heavy atom. The molecule has 3 atom stereocenters. The highest BCUT2D eigenvalue weighted by molar-refractivity contribution is 5.91. The van der Waals surface area contributed by atoms with E-state index in [0.717, 1.165) is 23.2 Å². The molecule has 2 fully saturated rings. The molecule has 2 aliphatic carbocycles. The van der Waals surface area contributed by atoms with E-state index < -0.39 is 0 Å². The van der Waals surface area contributed by atoms with Gasteiger partial charge in [-0.2, -0.15) is 0 Å². The van der Waals surface area contributed by atoms with Gasteiger partial charge in [-0.05, 0) is 61.3 Å². The zero-order chi connectivity index (χ0) is 14.1. The molecule has 108 valence electrons. The van der Waals surface area contributed by atoms with Gasteiger partial charge in [0.05, 0.1) is 0 Å². The Hall–Kier alpha value is -1.51. The molecule has 0 aromatic heterocycles. The molecule has 2 saturated carbocycles. The molecule has 3 nitrogen and oxygen atoms in total. The lowest BCUT2D eigenvalue weighted by Gasteiger charge is -2.21. The third kappa shape index (κ3) is 2.82. The van der Waals surface area contributed by atoms with Crippen LogP contribution in [0.2, 0.25) is 0 Å². The molecule has 1 aromatic carbocycles. The number of anilines is 2. The average molecular weight is 272 g/mol. The predicted molar refractivity (Wildman–Crippen MR) is 83.0 cm³/mol. The number of fused-ring (bicyclic) bond motifs is 2. The Bertz CT molecular complexity index is 480. The van der Waals surface area contributed by atoms with E-state index >= 15 is 0 Å². The van der Waals surface area contributed by atoms with Crippen LogP contribution >= 0.6 is 0 Å². The number of hydrogen-bond acceptors (Lipinski definition) is 2. The number of carbonyl (C=O) groups is 1. The molecular formula is C17H24N2O. The lowest BCUT2D eigenvalue weighted by molar-refractivity contribution is -0.117. The summed E-state index contributed by atoms with van der Waals surface area (Å²) in [5.41, 5.74) is 2.06. The largest absolute Gasteiger partial charge is 0.378 e. The maximum absolute atomic E-state index is 12.1. The first-order valence-electron chi connectivity index (χ1n) is 7.69. The van der Waals surface area contributed by atoms with Crippen LogP contribution < -0.4 is 10.2 Å². The minimum atomic E-state index is 0.181. The van der Waals surface area contributed by atoms with Crippen molar-refractivity contribution in [3.05, 3.63) is 24.3 Å². The fraction of sp³-hybridized carbons (Fsp3) is 0.588. The monoisotopic (exact) mass is 272 g/mol. The SMILES string of the molecule is CN(C)c1ccc(NC(=O)CC2CC3CCC2C3)cc1. The molecule has 0 saturated heterocycles. The summed E-state index contributed by atoms with van der Waals surface area (Å²) in [7, 11) is 4.03. The highest BCUT2D eigenvalue weighted by Gasteiger charge is 2.40. The third-order valence-electron chi connectivity index (χ3n) is 5.00. The van der Waals surface area contributed by atoms with Gasteiger partial charge in [0.15, 0.2) is 0 Å². The second-order valence-electron chi connectivity index (χ2n) is 6.63. The maximum Gasteiger partial charge on any atom is 0.224 e. The van der Waals surface area contributed by atoms with Crippen molar-refractivity contribution in [3.63, 3.8) is 0 Å². The molecular weight excluding hydrogens is 248 g/mol. The normalized spacial score (nSPS) is 27.6. The van der Waals surface area contributed by atoms with Gasteiger partial charge in [0.1, 0.15) is 0 Å². The lowest BCUT2D eigenvalue weighted by atomic mass is 9.86. The van der Waals surface area contributed by atoms with Crippen LogP contribution in [-0.2, 0) is 4.79 Å². The van der Waals surface area contributed by atoms with Crippen molar-refractivity contribution in [2.75, 3.05) is 24.3 Å². The Morgan fingerprint density at radius 2 is 1.95 bits per heavy atom. The number of hydrogen-bond donors (Lipinski definition) is 1. The van der Waals surface area contributed by atoms with Crippen molar-refractivity contribution in [3.8, 4) is 0 Å². The number of rotatable bonds is 4. The van der Waals surface area contributed by atoms with E-state index in [2.05, 4.69) is 10.2 Å². The third-order valence-corrected chi connectivity index (χ3v) is 5.00. The summed E-state index contributed by atoms with van der Waals surface area (Å²) < 4.78 is 0. The summed E-state index contributed by atoms with van der Waals surface area (Å²) in [5.74, 6) is 2.55. The van der Waals surface area contributed by atoms with Crippen molar-refractivity contribution in [2.45, 2.75) is 32.1 Å². The van der Waals surface area contributed by atoms with Gasteiger partial charge in [-0.25, -0.2) is 0 Å². The van der Waals surface area contributed by atoms with Crippen molar-refractivity contribution in [1.29, 1.82) is 0 Å². The Labute approximate surface area is 121 Å². The number of benzene rings is 1. The van der Waals surface area contributed by atoms with Gasteiger partial charge in [-0.3, -0.25) is 4.79 Å². The van der Waals surface area contributed by atoms with Gasteiger partial charge in [-0.1, -0.05) is 6.42 Å². The van der Waals surface area contributed by atoms with E-state index in [0.29, 0.717) is 12.3 Å². The topological polar surface area (TPSA) is 32.3 Å². The van der Waals surface area contributed by atoms with E-state index in [9.17, 15) is 4.79 Å². The summed E-state index contributed by atoms with van der Waals surface area (Å²) in [6, 6.07) is 8.03. The first-order chi connectivity index (χ1) is 9.61. The second kappa shape index (κ2) is 5.47. The average Bonchev–Trinajstić information content (AvgIpc) is 3.01. The van der Waals surface area contributed by atoms with Gasteiger partial charge >= 0.3 is 0 Å². The molecule has 20 heavy (non-hydrogen) atoms. The van der Waals surface area contributed by atoms with Gasteiger partial charge in [0.2, 0.25) is 5.91 Å². The first kappa shape index (κ1) is 13.5. The highest BCUT2D eigenvalue weighted by atomic mass is 16.1. The van der Waals surface area contributed by atoms with Crippen LogP contribution in [0.5, 0.6) is 0 Å². The predicted octanol–water partition coefficient (Wildman–Crippen LogP) is 3.52. The van der Waals surface area contributed by atoms with Crippen LogP contribution in [0, 0.1) is 17.8 Å². The molecule has 0 spiro atoms. The van der Waals surface area contributed by atoms with E-state index in [-0.39, 0.29) is 5.91 Å². The minimum Gasteiger partial charge on any atom is -0.378 e. The van der Waals surface area contributed by atoms with Gasteiger partial charge in [0.25, 0.3) is 0 Å². The van der Waals surface area contributed by atoms with E-state index in [1.165, 1.54) is 25.7 Å². The number of nitrogens with one attached hydrogen (secondary N) is 1. The molecule has 2 bridgehead atoms. The van der Waals surface area contributed by atoms with Gasteiger partial charge in [0, 0.05) is 31.9 Å². The van der Waals surface area contributed by atoms with Crippen LogP contribution in [0.25, 0.3) is 0 Å². The molecule has 3 rings (SSSR count). The summed E-state index contributed by atoms with van der Waals surface area (Å²) in [6.07, 6.45) is 6.10. The zero-order valence-corrected chi connectivity index (χ0v) is 12.4. The molecule has 2 aliphatic rings. The Kier molecular flexibility index (Phi) is 3.68. The van der Waals surface area contributed by atoms with E-state index in [4.69, 9.17) is 0 Å². The first-order valence-corrected chi connectivity index (χ1v) is 7.69. The standard InChI is InChI=1S/C17H24N2O/c1-19(2)16-7-5-15(6-8-16)18-17(20)11-14-10-12-3-4-13(14)9-12/h5-8,12-14H,3-4,9-11H2,1-2H3,(H,18,20). The summed E-state index contributed by atoms with van der Waals surface area (Å²) in [6.45, 7) is 0. The lowest BCUT2D eigenvalue weighted by Crippen LogP contribution is -2.20. The number of carbonyl (C=O) groups excluding carboxylic acids is 1. The molecule has 3 heteroatoms. The van der Waals surface area contributed by atoms with Crippen LogP contribution in [0.3, 0.4) is 0 Å². The van der Waals surface area contributed by atoms with Gasteiger partial charge in [-0.15, -0.1) is 0 Å². The van der Waals surface area contributed by atoms with Crippen molar-refractivity contribution in [1.82, 2.24) is 0 Å². The molecule has 0 radical (unpaired) electrons. The Morgan fingerprint density at radius 1 is 1.20 bits per heavy atom.